The van der Waals surface area contributed by atoms with Crippen molar-refractivity contribution in [1.29, 1.82) is 0 Å². The fraction of sp³-hybridized carbons (Fsp3) is 0.455. The SMILES string of the molecule is CC(C)C(N)c1ccc(C(F)(F)F)cc1.Cl. The number of alkyl halides is 3. The first-order valence-electron chi connectivity index (χ1n) is 4.75. The zero-order chi connectivity index (χ0) is 11.6. The van der Waals surface area contributed by atoms with E-state index in [1.807, 2.05) is 13.8 Å². The van der Waals surface area contributed by atoms with Crippen LogP contribution < -0.4 is 5.73 Å². The largest absolute Gasteiger partial charge is 0.416 e. The third-order valence-corrected chi connectivity index (χ3v) is 2.34. The van der Waals surface area contributed by atoms with Crippen molar-refractivity contribution >= 4 is 12.4 Å². The van der Waals surface area contributed by atoms with Crippen molar-refractivity contribution in [2.24, 2.45) is 11.7 Å². The smallest absolute Gasteiger partial charge is 0.324 e. The summed E-state index contributed by atoms with van der Waals surface area (Å²) in [4.78, 5) is 0. The molecule has 1 aromatic carbocycles. The summed E-state index contributed by atoms with van der Waals surface area (Å²) in [6, 6.07) is 4.79. The Hall–Kier alpha value is -0.740. The van der Waals surface area contributed by atoms with Gasteiger partial charge >= 0.3 is 6.18 Å². The Kier molecular flexibility index (Phi) is 5.29. The zero-order valence-corrected chi connectivity index (χ0v) is 9.90. The van der Waals surface area contributed by atoms with Crippen molar-refractivity contribution in [2.75, 3.05) is 0 Å². The summed E-state index contributed by atoms with van der Waals surface area (Å²) < 4.78 is 36.7. The average Bonchev–Trinajstić information content (AvgIpc) is 2.15. The van der Waals surface area contributed by atoms with Crippen LogP contribution in [0.15, 0.2) is 24.3 Å². The number of nitrogens with two attached hydrogens (primary N) is 1. The summed E-state index contributed by atoms with van der Waals surface area (Å²) in [6.45, 7) is 3.87. The van der Waals surface area contributed by atoms with Gasteiger partial charge in [-0.3, -0.25) is 0 Å². The molecular weight excluding hydrogens is 239 g/mol. The van der Waals surface area contributed by atoms with Crippen LogP contribution in [0.5, 0.6) is 0 Å². The lowest BCUT2D eigenvalue weighted by molar-refractivity contribution is -0.137. The van der Waals surface area contributed by atoms with Crippen LogP contribution in [-0.4, -0.2) is 0 Å². The molecule has 0 aliphatic heterocycles. The van der Waals surface area contributed by atoms with Crippen LogP contribution in [0.3, 0.4) is 0 Å². The third-order valence-electron chi connectivity index (χ3n) is 2.34. The van der Waals surface area contributed by atoms with Crippen LogP contribution in [0.4, 0.5) is 13.2 Å². The molecule has 16 heavy (non-hydrogen) atoms. The number of rotatable bonds is 2. The fourth-order valence-corrected chi connectivity index (χ4v) is 1.28. The molecule has 0 saturated heterocycles. The van der Waals surface area contributed by atoms with Gasteiger partial charge in [-0.1, -0.05) is 26.0 Å². The highest BCUT2D eigenvalue weighted by Crippen LogP contribution is 2.30. The first-order valence-corrected chi connectivity index (χ1v) is 4.75. The molecule has 0 heterocycles. The number of benzene rings is 1. The highest BCUT2D eigenvalue weighted by molar-refractivity contribution is 5.85. The molecule has 0 radical (unpaired) electrons. The first-order chi connectivity index (χ1) is 6.82. The van der Waals surface area contributed by atoms with Gasteiger partial charge in [0, 0.05) is 6.04 Å². The topological polar surface area (TPSA) is 26.0 Å². The van der Waals surface area contributed by atoms with Gasteiger partial charge in [-0.15, -0.1) is 12.4 Å². The van der Waals surface area contributed by atoms with Gasteiger partial charge in [0.25, 0.3) is 0 Å². The van der Waals surface area contributed by atoms with Crippen molar-refractivity contribution in [3.05, 3.63) is 35.4 Å². The number of hydrogen-bond acceptors (Lipinski definition) is 1. The maximum Gasteiger partial charge on any atom is 0.416 e. The van der Waals surface area contributed by atoms with Crippen LogP contribution in [0.1, 0.15) is 31.0 Å². The zero-order valence-electron chi connectivity index (χ0n) is 9.08. The molecule has 1 rings (SSSR count). The Morgan fingerprint density at radius 2 is 1.50 bits per heavy atom. The van der Waals surface area contributed by atoms with E-state index in [9.17, 15) is 13.2 Å². The van der Waals surface area contributed by atoms with Crippen molar-refractivity contribution in [3.8, 4) is 0 Å². The lowest BCUT2D eigenvalue weighted by Gasteiger charge is -2.16. The predicted octanol–water partition coefficient (Wildman–Crippen LogP) is 3.78. The highest BCUT2D eigenvalue weighted by Gasteiger charge is 2.30. The summed E-state index contributed by atoms with van der Waals surface area (Å²) >= 11 is 0. The van der Waals surface area contributed by atoms with Crippen LogP contribution in [0.2, 0.25) is 0 Å². The van der Waals surface area contributed by atoms with E-state index >= 15 is 0 Å². The molecule has 5 heteroatoms. The van der Waals surface area contributed by atoms with Crippen LogP contribution in [0, 0.1) is 5.92 Å². The van der Waals surface area contributed by atoms with Gasteiger partial charge in [0.05, 0.1) is 5.56 Å². The second kappa shape index (κ2) is 5.55. The number of hydrogen-bond donors (Lipinski definition) is 1. The van der Waals surface area contributed by atoms with Gasteiger partial charge in [-0.05, 0) is 23.6 Å². The minimum Gasteiger partial charge on any atom is -0.324 e. The van der Waals surface area contributed by atoms with E-state index in [2.05, 4.69) is 0 Å². The molecule has 0 bridgehead atoms. The van der Waals surface area contributed by atoms with Crippen molar-refractivity contribution in [2.45, 2.75) is 26.1 Å². The average molecular weight is 254 g/mol. The molecule has 1 aromatic rings. The van der Waals surface area contributed by atoms with E-state index in [1.165, 1.54) is 12.1 Å². The Morgan fingerprint density at radius 3 is 1.81 bits per heavy atom. The van der Waals surface area contributed by atoms with E-state index in [1.54, 1.807) is 0 Å². The van der Waals surface area contributed by atoms with Gasteiger partial charge in [-0.2, -0.15) is 13.2 Å². The molecule has 0 aliphatic carbocycles. The summed E-state index contributed by atoms with van der Waals surface area (Å²) in [5, 5.41) is 0. The van der Waals surface area contributed by atoms with Crippen molar-refractivity contribution in [1.82, 2.24) is 0 Å². The maximum atomic E-state index is 12.2. The molecule has 1 nitrogen and oxygen atoms in total. The molecule has 0 aromatic heterocycles. The minimum absolute atomic E-state index is 0. The summed E-state index contributed by atoms with van der Waals surface area (Å²) in [6.07, 6.45) is -4.28. The molecule has 92 valence electrons. The second-order valence-corrected chi connectivity index (χ2v) is 3.89. The fourth-order valence-electron chi connectivity index (χ4n) is 1.28. The monoisotopic (exact) mass is 253 g/mol. The summed E-state index contributed by atoms with van der Waals surface area (Å²) in [7, 11) is 0. The first kappa shape index (κ1) is 15.3. The second-order valence-electron chi connectivity index (χ2n) is 3.89. The van der Waals surface area contributed by atoms with Crippen molar-refractivity contribution in [3.63, 3.8) is 0 Å². The molecule has 1 atom stereocenters. The molecule has 1 unspecified atom stereocenters. The van der Waals surface area contributed by atoms with Gasteiger partial charge in [0.1, 0.15) is 0 Å². The maximum absolute atomic E-state index is 12.2. The van der Waals surface area contributed by atoms with Crippen molar-refractivity contribution < 1.29 is 13.2 Å². The Balaban J connectivity index is 0.00000225. The quantitative estimate of drug-likeness (QED) is 0.853. The van der Waals surface area contributed by atoms with E-state index in [4.69, 9.17) is 5.73 Å². The molecular formula is C11H15ClF3N. The summed E-state index contributed by atoms with van der Waals surface area (Å²) in [5.74, 6) is 0.210. The number of halogens is 4. The Labute approximate surface area is 99.2 Å². The van der Waals surface area contributed by atoms with Crippen LogP contribution in [-0.2, 0) is 6.18 Å². The molecule has 0 saturated carbocycles. The normalized spacial score (nSPS) is 13.4. The van der Waals surface area contributed by atoms with Gasteiger partial charge in [0.2, 0.25) is 0 Å². The lowest BCUT2D eigenvalue weighted by atomic mass is 9.96. The van der Waals surface area contributed by atoms with E-state index in [0.717, 1.165) is 17.7 Å². The molecule has 0 fully saturated rings. The lowest BCUT2D eigenvalue weighted by Crippen LogP contribution is -2.17. The van der Waals surface area contributed by atoms with Gasteiger partial charge < -0.3 is 5.73 Å². The molecule has 0 amide bonds. The Bertz CT molecular complexity index is 319. The highest BCUT2D eigenvalue weighted by atomic mass is 35.5. The standard InChI is InChI=1S/C11H14F3N.ClH/c1-7(2)10(15)8-3-5-9(6-4-8)11(12,13)14;/h3-7,10H,15H2,1-2H3;1H. The predicted molar refractivity (Wildman–Crippen MR) is 60.5 cm³/mol. The van der Waals surface area contributed by atoms with Gasteiger partial charge in [0.15, 0.2) is 0 Å². The van der Waals surface area contributed by atoms with Crippen LogP contribution >= 0.6 is 12.4 Å². The van der Waals surface area contributed by atoms with E-state index in [-0.39, 0.29) is 24.4 Å². The molecule has 0 spiro atoms. The minimum atomic E-state index is -4.28. The third kappa shape index (κ3) is 3.68. The van der Waals surface area contributed by atoms with Gasteiger partial charge in [-0.25, -0.2) is 0 Å². The molecule has 2 N–H and O–H groups in total. The van der Waals surface area contributed by atoms with E-state index in [0.29, 0.717) is 0 Å². The Morgan fingerprint density at radius 1 is 1.06 bits per heavy atom. The van der Waals surface area contributed by atoms with Crippen LogP contribution in [0.25, 0.3) is 0 Å². The summed E-state index contributed by atoms with van der Waals surface area (Å²) in [5.41, 5.74) is 5.91. The van der Waals surface area contributed by atoms with E-state index < -0.39 is 11.7 Å². The molecule has 0 aliphatic rings.